The van der Waals surface area contributed by atoms with E-state index in [1.807, 2.05) is 30.3 Å². The van der Waals surface area contributed by atoms with Gasteiger partial charge in [0.1, 0.15) is 0 Å². The number of carbonyl (C=O) groups excluding carboxylic acids is 2. The number of hydrogen-bond acceptors (Lipinski definition) is 4. The molecule has 3 aromatic carbocycles. The fourth-order valence-corrected chi connectivity index (χ4v) is 4.00. The van der Waals surface area contributed by atoms with Crippen molar-refractivity contribution in [3.8, 4) is 0 Å². The molecule has 3 aromatic rings. The number of nitrogens with one attached hydrogen (secondary N) is 2. The third kappa shape index (κ3) is 5.60. The first-order chi connectivity index (χ1) is 15.3. The SMILES string of the molecule is CN(C)S(=O)(=O)c1cccc(C(=O)Nc2ccccc2C(=O)NCCc2ccccc2)c1. The van der Waals surface area contributed by atoms with Gasteiger partial charge < -0.3 is 10.6 Å². The number of nitrogens with zero attached hydrogens (tertiary/aromatic N) is 1. The summed E-state index contributed by atoms with van der Waals surface area (Å²) in [5, 5.41) is 5.58. The van der Waals surface area contributed by atoms with Gasteiger partial charge in [0.2, 0.25) is 10.0 Å². The molecular formula is C24H25N3O4S. The molecule has 8 heteroatoms. The number of amides is 2. The summed E-state index contributed by atoms with van der Waals surface area (Å²) in [7, 11) is -0.821. The van der Waals surface area contributed by atoms with Crippen LogP contribution in [0.5, 0.6) is 0 Å². The Labute approximate surface area is 188 Å². The number of carbonyl (C=O) groups is 2. The number of rotatable bonds is 8. The highest BCUT2D eigenvalue weighted by Crippen LogP contribution is 2.19. The van der Waals surface area contributed by atoms with Crippen LogP contribution in [-0.2, 0) is 16.4 Å². The second-order valence-electron chi connectivity index (χ2n) is 7.31. The van der Waals surface area contributed by atoms with Gasteiger partial charge in [0.05, 0.1) is 16.1 Å². The monoisotopic (exact) mass is 451 g/mol. The maximum atomic E-state index is 12.8. The summed E-state index contributed by atoms with van der Waals surface area (Å²) in [5.74, 6) is -0.814. The van der Waals surface area contributed by atoms with E-state index in [4.69, 9.17) is 0 Å². The zero-order chi connectivity index (χ0) is 23.1. The molecule has 2 amide bonds. The number of hydrogen-bond donors (Lipinski definition) is 2. The van der Waals surface area contributed by atoms with Crippen molar-refractivity contribution in [1.29, 1.82) is 0 Å². The Bertz CT molecular complexity index is 1210. The third-order valence-corrected chi connectivity index (χ3v) is 6.65. The molecule has 0 aliphatic rings. The first kappa shape index (κ1) is 23.2. The van der Waals surface area contributed by atoms with Crippen LogP contribution in [-0.4, -0.2) is 45.2 Å². The van der Waals surface area contributed by atoms with Crippen LogP contribution in [0.1, 0.15) is 26.3 Å². The lowest BCUT2D eigenvalue weighted by Crippen LogP contribution is -2.27. The lowest BCUT2D eigenvalue weighted by Gasteiger charge is -2.13. The van der Waals surface area contributed by atoms with E-state index in [1.54, 1.807) is 24.3 Å². The molecule has 32 heavy (non-hydrogen) atoms. The van der Waals surface area contributed by atoms with Gasteiger partial charge in [-0.15, -0.1) is 0 Å². The molecule has 0 saturated heterocycles. The van der Waals surface area contributed by atoms with Crippen LogP contribution in [0, 0.1) is 0 Å². The van der Waals surface area contributed by atoms with Crippen molar-refractivity contribution in [3.63, 3.8) is 0 Å². The number of anilines is 1. The van der Waals surface area contributed by atoms with Gasteiger partial charge in [0, 0.05) is 26.2 Å². The van der Waals surface area contributed by atoms with E-state index >= 15 is 0 Å². The molecule has 0 aromatic heterocycles. The predicted molar refractivity (Wildman–Crippen MR) is 124 cm³/mol. The van der Waals surface area contributed by atoms with E-state index in [0.29, 0.717) is 24.2 Å². The fourth-order valence-electron chi connectivity index (χ4n) is 3.05. The minimum absolute atomic E-state index is 0.0158. The van der Waals surface area contributed by atoms with Crippen LogP contribution in [0.3, 0.4) is 0 Å². The smallest absolute Gasteiger partial charge is 0.255 e. The lowest BCUT2D eigenvalue weighted by molar-refractivity contribution is 0.0955. The van der Waals surface area contributed by atoms with Crippen LogP contribution in [0.4, 0.5) is 5.69 Å². The molecule has 3 rings (SSSR count). The van der Waals surface area contributed by atoms with Gasteiger partial charge in [-0.05, 0) is 42.3 Å². The summed E-state index contributed by atoms with van der Waals surface area (Å²) in [6, 6.07) is 22.3. The topological polar surface area (TPSA) is 95.6 Å². The Morgan fingerprint density at radius 2 is 1.53 bits per heavy atom. The Kier molecular flexibility index (Phi) is 7.40. The maximum absolute atomic E-state index is 12.8. The molecule has 166 valence electrons. The highest BCUT2D eigenvalue weighted by molar-refractivity contribution is 7.89. The van der Waals surface area contributed by atoms with Gasteiger partial charge >= 0.3 is 0 Å². The van der Waals surface area contributed by atoms with E-state index in [1.165, 1.54) is 38.4 Å². The average molecular weight is 452 g/mol. The van der Waals surface area contributed by atoms with Crippen molar-refractivity contribution in [1.82, 2.24) is 9.62 Å². The van der Waals surface area contributed by atoms with Crippen molar-refractivity contribution in [2.75, 3.05) is 26.0 Å². The largest absolute Gasteiger partial charge is 0.352 e. The summed E-state index contributed by atoms with van der Waals surface area (Å²) >= 11 is 0. The zero-order valence-corrected chi connectivity index (χ0v) is 18.7. The van der Waals surface area contributed by atoms with Crippen molar-refractivity contribution >= 4 is 27.5 Å². The average Bonchev–Trinajstić information content (AvgIpc) is 2.80. The quantitative estimate of drug-likeness (QED) is 0.550. The van der Waals surface area contributed by atoms with Gasteiger partial charge in [-0.1, -0.05) is 48.5 Å². The van der Waals surface area contributed by atoms with Gasteiger partial charge in [0.15, 0.2) is 0 Å². The summed E-state index contributed by atoms with van der Waals surface area (Å²) in [5.41, 5.74) is 1.95. The Morgan fingerprint density at radius 3 is 2.25 bits per heavy atom. The second kappa shape index (κ2) is 10.2. The Balaban J connectivity index is 1.72. The normalized spacial score (nSPS) is 11.2. The molecule has 0 heterocycles. The highest BCUT2D eigenvalue weighted by Gasteiger charge is 2.19. The summed E-state index contributed by atoms with van der Waals surface area (Å²) in [6.07, 6.45) is 0.689. The minimum atomic E-state index is -3.67. The van der Waals surface area contributed by atoms with Crippen molar-refractivity contribution in [2.24, 2.45) is 0 Å². The molecule has 0 saturated carbocycles. The van der Waals surface area contributed by atoms with E-state index in [0.717, 1.165) is 9.87 Å². The number of sulfonamides is 1. The van der Waals surface area contributed by atoms with E-state index < -0.39 is 15.9 Å². The second-order valence-corrected chi connectivity index (χ2v) is 9.46. The number of para-hydroxylation sites is 1. The van der Waals surface area contributed by atoms with E-state index in [2.05, 4.69) is 10.6 Å². The van der Waals surface area contributed by atoms with Crippen LogP contribution < -0.4 is 10.6 Å². The summed E-state index contributed by atoms with van der Waals surface area (Å²) in [4.78, 5) is 25.5. The molecule has 0 aliphatic heterocycles. The Morgan fingerprint density at radius 1 is 0.844 bits per heavy atom. The molecule has 0 fully saturated rings. The van der Waals surface area contributed by atoms with Gasteiger partial charge in [0.25, 0.3) is 11.8 Å². The standard InChI is InChI=1S/C24H25N3O4S/c1-27(2)32(30,31)20-12-8-11-19(17-20)23(28)26-22-14-7-6-13-21(22)24(29)25-16-15-18-9-4-3-5-10-18/h3-14,17H,15-16H2,1-2H3,(H,25,29)(H,26,28). The fraction of sp³-hybridized carbons (Fsp3) is 0.167. The maximum Gasteiger partial charge on any atom is 0.255 e. The van der Waals surface area contributed by atoms with Crippen molar-refractivity contribution in [2.45, 2.75) is 11.3 Å². The molecule has 0 bridgehead atoms. The van der Waals surface area contributed by atoms with Crippen LogP contribution >= 0.6 is 0 Å². The molecular weight excluding hydrogens is 426 g/mol. The molecule has 7 nitrogen and oxygen atoms in total. The molecule has 0 spiro atoms. The molecule has 0 unspecified atom stereocenters. The molecule has 0 aliphatic carbocycles. The van der Waals surface area contributed by atoms with E-state index in [9.17, 15) is 18.0 Å². The molecule has 2 N–H and O–H groups in total. The first-order valence-electron chi connectivity index (χ1n) is 10.0. The zero-order valence-electron chi connectivity index (χ0n) is 17.9. The highest BCUT2D eigenvalue weighted by atomic mass is 32.2. The summed E-state index contributed by atoms with van der Waals surface area (Å²) < 4.78 is 25.8. The summed E-state index contributed by atoms with van der Waals surface area (Å²) in [6.45, 7) is 0.454. The molecule has 0 radical (unpaired) electrons. The number of benzene rings is 3. The van der Waals surface area contributed by atoms with Crippen molar-refractivity contribution < 1.29 is 18.0 Å². The first-order valence-corrected chi connectivity index (χ1v) is 11.5. The van der Waals surface area contributed by atoms with Crippen LogP contribution in [0.15, 0.2) is 83.8 Å². The van der Waals surface area contributed by atoms with Gasteiger partial charge in [-0.25, -0.2) is 12.7 Å². The van der Waals surface area contributed by atoms with Crippen LogP contribution in [0.25, 0.3) is 0 Å². The predicted octanol–water partition coefficient (Wildman–Crippen LogP) is 3.16. The lowest BCUT2D eigenvalue weighted by atomic mass is 10.1. The Hall–Kier alpha value is -3.49. The van der Waals surface area contributed by atoms with Crippen LogP contribution in [0.2, 0.25) is 0 Å². The van der Waals surface area contributed by atoms with Gasteiger partial charge in [-0.2, -0.15) is 0 Å². The van der Waals surface area contributed by atoms with Crippen molar-refractivity contribution in [3.05, 3.63) is 95.6 Å². The third-order valence-electron chi connectivity index (χ3n) is 4.84. The molecule has 0 atom stereocenters. The van der Waals surface area contributed by atoms with E-state index in [-0.39, 0.29) is 16.4 Å². The van der Waals surface area contributed by atoms with Gasteiger partial charge in [-0.3, -0.25) is 9.59 Å². The minimum Gasteiger partial charge on any atom is -0.352 e.